The molecule has 0 radical (unpaired) electrons. The van der Waals surface area contributed by atoms with E-state index < -0.39 is 11.9 Å². The van der Waals surface area contributed by atoms with Crippen LogP contribution in [-0.4, -0.2) is 23.2 Å². The van der Waals surface area contributed by atoms with E-state index >= 15 is 0 Å². The maximum absolute atomic E-state index is 11.5. The van der Waals surface area contributed by atoms with Crippen LogP contribution in [0.3, 0.4) is 0 Å². The number of carbonyl (C=O) groups excluding carboxylic acids is 1. The molecule has 5 heteroatoms. The highest BCUT2D eigenvalue weighted by molar-refractivity contribution is 7.98. The minimum atomic E-state index is -1.10. The number of aliphatic carboxylic acids is 1. The molecule has 0 aliphatic carbocycles. The van der Waals surface area contributed by atoms with Crippen molar-refractivity contribution in [3.63, 3.8) is 0 Å². The molecule has 1 amide bonds. The molecule has 0 aromatic heterocycles. The summed E-state index contributed by atoms with van der Waals surface area (Å²) in [6.07, 6.45) is 3.00. The molecular weight excluding hydrogens is 238 g/mol. The lowest BCUT2D eigenvalue weighted by molar-refractivity contribution is -0.132. The van der Waals surface area contributed by atoms with Gasteiger partial charge in [-0.05, 0) is 31.4 Å². The first-order valence-corrected chi connectivity index (χ1v) is 6.12. The molecule has 0 bridgehead atoms. The minimum absolute atomic E-state index is 0.00326. The van der Waals surface area contributed by atoms with E-state index in [2.05, 4.69) is 5.32 Å². The van der Waals surface area contributed by atoms with Crippen molar-refractivity contribution in [3.05, 3.63) is 35.9 Å². The van der Waals surface area contributed by atoms with Crippen molar-refractivity contribution in [2.24, 2.45) is 0 Å². The summed E-state index contributed by atoms with van der Waals surface area (Å²) < 4.78 is 0. The van der Waals surface area contributed by atoms with E-state index in [1.807, 2.05) is 24.5 Å². The predicted molar refractivity (Wildman–Crippen MR) is 68.2 cm³/mol. The highest BCUT2D eigenvalue weighted by Gasteiger charge is 2.04. The first-order chi connectivity index (χ1) is 8.02. The third kappa shape index (κ3) is 4.32. The van der Waals surface area contributed by atoms with Crippen molar-refractivity contribution in [1.29, 1.82) is 0 Å². The molecule has 0 fully saturated rings. The third-order valence-corrected chi connectivity index (χ3v) is 2.75. The lowest BCUT2D eigenvalue weighted by atomic mass is 10.2. The molecule has 0 spiro atoms. The van der Waals surface area contributed by atoms with Gasteiger partial charge in [-0.1, -0.05) is 6.07 Å². The number of hydrogen-bond acceptors (Lipinski definition) is 3. The van der Waals surface area contributed by atoms with E-state index in [-0.39, 0.29) is 5.57 Å². The summed E-state index contributed by atoms with van der Waals surface area (Å²) in [6.45, 7) is 1.38. The Hall–Kier alpha value is -1.75. The Kier molecular flexibility index (Phi) is 4.78. The number of rotatable bonds is 4. The van der Waals surface area contributed by atoms with Gasteiger partial charge in [-0.3, -0.25) is 4.79 Å². The van der Waals surface area contributed by atoms with Crippen LogP contribution in [-0.2, 0) is 9.59 Å². The van der Waals surface area contributed by atoms with Crippen molar-refractivity contribution in [2.45, 2.75) is 11.8 Å². The van der Waals surface area contributed by atoms with Crippen LogP contribution in [0.4, 0.5) is 5.69 Å². The number of benzene rings is 1. The molecule has 0 saturated carbocycles. The van der Waals surface area contributed by atoms with E-state index in [9.17, 15) is 9.59 Å². The second-order valence-electron chi connectivity index (χ2n) is 3.35. The standard InChI is InChI=1S/C12H13NO3S/c1-8(12(15)16)6-11(14)13-9-4-3-5-10(7-9)17-2/h3-7H,1-2H3,(H,13,14)(H,15,16)/b8-6+. The maximum atomic E-state index is 11.5. The van der Waals surface area contributed by atoms with Crippen molar-refractivity contribution < 1.29 is 14.7 Å². The zero-order valence-electron chi connectivity index (χ0n) is 9.56. The van der Waals surface area contributed by atoms with E-state index in [0.717, 1.165) is 11.0 Å². The summed E-state index contributed by atoms with van der Waals surface area (Å²) in [7, 11) is 0. The molecular formula is C12H13NO3S. The molecule has 0 aliphatic heterocycles. The monoisotopic (exact) mass is 251 g/mol. The summed E-state index contributed by atoms with van der Waals surface area (Å²) in [5, 5.41) is 11.2. The fourth-order valence-electron chi connectivity index (χ4n) is 1.14. The van der Waals surface area contributed by atoms with Crippen molar-refractivity contribution in [3.8, 4) is 0 Å². The Morgan fingerprint density at radius 1 is 1.41 bits per heavy atom. The lowest BCUT2D eigenvalue weighted by Gasteiger charge is -2.04. The Labute approximate surface area is 104 Å². The van der Waals surface area contributed by atoms with Crippen LogP contribution in [0, 0.1) is 0 Å². The Balaban J connectivity index is 2.74. The molecule has 1 aromatic carbocycles. The topological polar surface area (TPSA) is 66.4 Å². The number of nitrogens with one attached hydrogen (secondary N) is 1. The van der Waals surface area contributed by atoms with Gasteiger partial charge in [0.1, 0.15) is 0 Å². The minimum Gasteiger partial charge on any atom is -0.478 e. The molecule has 4 nitrogen and oxygen atoms in total. The van der Waals surface area contributed by atoms with Crippen LogP contribution in [0.5, 0.6) is 0 Å². The molecule has 1 aromatic rings. The summed E-state index contributed by atoms with van der Waals surface area (Å²) in [5.41, 5.74) is 0.653. The van der Waals surface area contributed by atoms with Crippen LogP contribution >= 0.6 is 11.8 Å². The molecule has 17 heavy (non-hydrogen) atoms. The van der Waals surface area contributed by atoms with Gasteiger partial charge in [-0.2, -0.15) is 0 Å². The summed E-state index contributed by atoms with van der Waals surface area (Å²) in [5.74, 6) is -1.54. The van der Waals surface area contributed by atoms with E-state index in [0.29, 0.717) is 5.69 Å². The van der Waals surface area contributed by atoms with Crippen molar-refractivity contribution in [1.82, 2.24) is 0 Å². The van der Waals surface area contributed by atoms with E-state index in [1.165, 1.54) is 6.92 Å². The van der Waals surface area contributed by atoms with Gasteiger partial charge in [0, 0.05) is 22.2 Å². The second-order valence-corrected chi connectivity index (χ2v) is 4.23. The van der Waals surface area contributed by atoms with E-state index in [4.69, 9.17) is 5.11 Å². The van der Waals surface area contributed by atoms with Gasteiger partial charge in [0.25, 0.3) is 0 Å². The first kappa shape index (κ1) is 13.3. The normalized spacial score (nSPS) is 11.1. The number of amides is 1. The predicted octanol–water partition coefficient (Wildman–Crippen LogP) is 2.38. The largest absolute Gasteiger partial charge is 0.478 e. The number of thioether (sulfide) groups is 1. The molecule has 0 aliphatic rings. The van der Waals surface area contributed by atoms with Gasteiger partial charge in [-0.15, -0.1) is 11.8 Å². The summed E-state index contributed by atoms with van der Waals surface area (Å²) in [4.78, 5) is 23.0. The number of carbonyl (C=O) groups is 2. The number of hydrogen-bond donors (Lipinski definition) is 2. The van der Waals surface area contributed by atoms with Crippen LogP contribution in [0.15, 0.2) is 40.8 Å². The SMILES string of the molecule is CSc1cccc(NC(=O)/C=C(\C)C(=O)O)c1. The quantitative estimate of drug-likeness (QED) is 0.637. The average molecular weight is 251 g/mol. The van der Waals surface area contributed by atoms with Crippen LogP contribution < -0.4 is 5.32 Å². The Bertz CT molecular complexity index is 469. The number of carboxylic acids is 1. The summed E-state index contributed by atoms with van der Waals surface area (Å²) >= 11 is 1.57. The molecule has 0 saturated heterocycles. The maximum Gasteiger partial charge on any atom is 0.331 e. The van der Waals surface area contributed by atoms with Crippen molar-refractivity contribution in [2.75, 3.05) is 11.6 Å². The average Bonchev–Trinajstić information content (AvgIpc) is 2.28. The second kappa shape index (κ2) is 6.10. The van der Waals surface area contributed by atoms with E-state index in [1.54, 1.807) is 17.8 Å². The van der Waals surface area contributed by atoms with Gasteiger partial charge < -0.3 is 10.4 Å². The van der Waals surface area contributed by atoms with Gasteiger partial charge in [0.2, 0.25) is 5.91 Å². The molecule has 0 unspecified atom stereocenters. The molecule has 1 rings (SSSR count). The van der Waals surface area contributed by atoms with Crippen LogP contribution in [0.25, 0.3) is 0 Å². The fourth-order valence-corrected chi connectivity index (χ4v) is 1.60. The van der Waals surface area contributed by atoms with Crippen LogP contribution in [0.2, 0.25) is 0 Å². The zero-order valence-corrected chi connectivity index (χ0v) is 10.4. The highest BCUT2D eigenvalue weighted by atomic mass is 32.2. The van der Waals surface area contributed by atoms with Gasteiger partial charge in [0.15, 0.2) is 0 Å². The summed E-state index contributed by atoms with van der Waals surface area (Å²) in [6, 6.07) is 7.34. The molecule has 0 heterocycles. The Morgan fingerprint density at radius 2 is 2.12 bits per heavy atom. The van der Waals surface area contributed by atoms with Gasteiger partial charge >= 0.3 is 5.97 Å². The van der Waals surface area contributed by atoms with Gasteiger partial charge in [-0.25, -0.2) is 4.79 Å². The number of carboxylic acid groups (broad SMARTS) is 1. The first-order valence-electron chi connectivity index (χ1n) is 4.89. The fraction of sp³-hybridized carbons (Fsp3) is 0.167. The zero-order chi connectivity index (χ0) is 12.8. The lowest BCUT2D eigenvalue weighted by Crippen LogP contribution is -2.10. The van der Waals surface area contributed by atoms with Gasteiger partial charge in [0.05, 0.1) is 0 Å². The Morgan fingerprint density at radius 3 is 2.71 bits per heavy atom. The third-order valence-electron chi connectivity index (χ3n) is 2.02. The molecule has 2 N–H and O–H groups in total. The smallest absolute Gasteiger partial charge is 0.331 e. The number of anilines is 1. The van der Waals surface area contributed by atoms with Crippen LogP contribution in [0.1, 0.15) is 6.92 Å². The molecule has 0 atom stereocenters. The van der Waals surface area contributed by atoms with Crippen molar-refractivity contribution >= 4 is 29.3 Å². The molecule has 90 valence electrons. The highest BCUT2D eigenvalue weighted by Crippen LogP contribution is 2.18.